The van der Waals surface area contributed by atoms with Gasteiger partial charge in [-0.1, -0.05) is 13.0 Å². The Morgan fingerprint density at radius 1 is 1.75 bits per heavy atom. The third-order valence-electron chi connectivity index (χ3n) is 1.45. The third-order valence-corrected chi connectivity index (χ3v) is 1.45. The number of pyridine rings is 1. The highest BCUT2D eigenvalue weighted by atomic mass is 16.1. The average molecular weight is 163 g/mol. The van der Waals surface area contributed by atoms with Crippen LogP contribution in [0.15, 0.2) is 24.5 Å². The van der Waals surface area contributed by atoms with E-state index >= 15 is 0 Å². The van der Waals surface area contributed by atoms with Crippen LogP contribution < -0.4 is 5.32 Å². The summed E-state index contributed by atoms with van der Waals surface area (Å²) in [5, 5.41) is 2.71. The van der Waals surface area contributed by atoms with Gasteiger partial charge in [0.1, 0.15) is 0 Å². The summed E-state index contributed by atoms with van der Waals surface area (Å²) < 4.78 is 0. The van der Waals surface area contributed by atoms with Gasteiger partial charge in [0, 0.05) is 25.4 Å². The van der Waals surface area contributed by atoms with Gasteiger partial charge in [0.25, 0.3) is 0 Å². The number of carbonyl (C=O) groups excluding carboxylic acids is 1. The molecule has 0 aliphatic carbocycles. The molecule has 1 amide bonds. The fraction of sp³-hybridized carbons (Fsp3) is 0.222. The van der Waals surface area contributed by atoms with Gasteiger partial charge in [-0.15, -0.1) is 0 Å². The predicted octanol–water partition coefficient (Wildman–Crippen LogP) is 0.922. The summed E-state index contributed by atoms with van der Waals surface area (Å²) in [5.74, 6) is -0.0566. The lowest BCUT2D eigenvalue weighted by molar-refractivity contribution is -0.117. The molecule has 1 aromatic rings. The Labute approximate surface area is 71.8 Å². The topological polar surface area (TPSA) is 42.0 Å². The largest absolute Gasteiger partial charge is 0.352 e. The van der Waals surface area contributed by atoms with E-state index in [9.17, 15) is 4.79 Å². The van der Waals surface area contributed by atoms with Crippen LogP contribution in [0.4, 0.5) is 0 Å². The Hall–Kier alpha value is -1.38. The second-order valence-electron chi connectivity index (χ2n) is 2.37. The van der Waals surface area contributed by atoms with Crippen molar-refractivity contribution in [3.8, 4) is 0 Å². The van der Waals surface area contributed by atoms with E-state index in [4.69, 9.17) is 0 Å². The second-order valence-corrected chi connectivity index (χ2v) is 2.37. The van der Waals surface area contributed by atoms with Crippen molar-refractivity contribution in [2.24, 2.45) is 0 Å². The highest BCUT2D eigenvalue weighted by Gasteiger charge is 1.96. The van der Waals surface area contributed by atoms with Crippen LogP contribution in [0.1, 0.15) is 12.5 Å². The molecule has 12 heavy (non-hydrogen) atoms. The fourth-order valence-corrected chi connectivity index (χ4v) is 0.794. The first-order valence-corrected chi connectivity index (χ1v) is 3.79. The van der Waals surface area contributed by atoms with Crippen LogP contribution in [0.3, 0.4) is 0 Å². The van der Waals surface area contributed by atoms with Crippen LogP contribution in [0.2, 0.25) is 0 Å². The van der Waals surface area contributed by atoms with E-state index in [1.165, 1.54) is 6.42 Å². The molecule has 1 heterocycles. The van der Waals surface area contributed by atoms with Crippen molar-refractivity contribution in [2.75, 3.05) is 0 Å². The molecule has 0 spiro atoms. The van der Waals surface area contributed by atoms with E-state index in [2.05, 4.69) is 10.3 Å². The summed E-state index contributed by atoms with van der Waals surface area (Å²) in [6, 6.07) is 3.76. The maximum Gasteiger partial charge on any atom is 0.223 e. The molecule has 0 aliphatic rings. The van der Waals surface area contributed by atoms with E-state index < -0.39 is 0 Å². The Kier molecular flexibility index (Phi) is 3.26. The number of nitrogens with zero attached hydrogens (tertiary/aromatic N) is 1. The molecular formula is C9H11N2O. The van der Waals surface area contributed by atoms with Gasteiger partial charge in [-0.2, -0.15) is 0 Å². The number of hydrogen-bond acceptors (Lipinski definition) is 2. The van der Waals surface area contributed by atoms with E-state index in [0.717, 1.165) is 5.56 Å². The van der Waals surface area contributed by atoms with Crippen molar-refractivity contribution < 1.29 is 4.79 Å². The van der Waals surface area contributed by atoms with Gasteiger partial charge < -0.3 is 5.32 Å². The van der Waals surface area contributed by atoms with E-state index in [1.54, 1.807) is 19.3 Å². The lowest BCUT2D eigenvalue weighted by Crippen LogP contribution is -2.21. The molecular weight excluding hydrogens is 152 g/mol. The van der Waals surface area contributed by atoms with E-state index in [-0.39, 0.29) is 5.91 Å². The highest BCUT2D eigenvalue weighted by molar-refractivity contribution is 5.83. The van der Waals surface area contributed by atoms with Crippen molar-refractivity contribution in [1.82, 2.24) is 10.3 Å². The number of nitrogens with one attached hydrogen (secondary N) is 1. The molecule has 0 fully saturated rings. The molecule has 63 valence electrons. The molecule has 0 aromatic carbocycles. The van der Waals surface area contributed by atoms with Crippen molar-refractivity contribution in [3.05, 3.63) is 36.5 Å². The van der Waals surface area contributed by atoms with Crippen LogP contribution in [0, 0.1) is 6.42 Å². The van der Waals surface area contributed by atoms with Gasteiger partial charge in [-0.05, 0) is 11.6 Å². The van der Waals surface area contributed by atoms with Crippen LogP contribution in [0.5, 0.6) is 0 Å². The zero-order valence-electron chi connectivity index (χ0n) is 6.95. The molecule has 1 N–H and O–H groups in total. The molecule has 1 rings (SSSR count). The molecule has 3 nitrogen and oxygen atoms in total. The van der Waals surface area contributed by atoms with Crippen LogP contribution in [0.25, 0.3) is 0 Å². The lowest BCUT2D eigenvalue weighted by Gasteiger charge is -2.01. The average Bonchev–Trinajstić information content (AvgIpc) is 2.16. The third kappa shape index (κ3) is 2.70. The first-order valence-electron chi connectivity index (χ1n) is 3.79. The van der Waals surface area contributed by atoms with Gasteiger partial charge in [0.05, 0.1) is 0 Å². The molecule has 0 atom stereocenters. The van der Waals surface area contributed by atoms with Gasteiger partial charge in [0.15, 0.2) is 0 Å². The van der Waals surface area contributed by atoms with Gasteiger partial charge in [-0.3, -0.25) is 9.78 Å². The van der Waals surface area contributed by atoms with Crippen molar-refractivity contribution in [3.63, 3.8) is 0 Å². The summed E-state index contributed by atoms with van der Waals surface area (Å²) in [6.45, 7) is 2.25. The summed E-state index contributed by atoms with van der Waals surface area (Å²) in [7, 11) is 0. The monoisotopic (exact) mass is 163 g/mol. The zero-order valence-corrected chi connectivity index (χ0v) is 6.95. The van der Waals surface area contributed by atoms with Crippen LogP contribution >= 0.6 is 0 Å². The highest BCUT2D eigenvalue weighted by Crippen LogP contribution is 1.93. The molecule has 1 aromatic heterocycles. The first-order chi connectivity index (χ1) is 5.83. The fourth-order valence-electron chi connectivity index (χ4n) is 0.794. The molecule has 0 saturated heterocycles. The molecule has 0 bridgehead atoms. The summed E-state index contributed by atoms with van der Waals surface area (Å²) in [5.41, 5.74) is 1.01. The molecule has 0 unspecified atom stereocenters. The maximum absolute atomic E-state index is 10.8. The minimum absolute atomic E-state index is 0.0566. The quantitative estimate of drug-likeness (QED) is 0.720. The lowest BCUT2D eigenvalue weighted by atomic mass is 10.3. The minimum atomic E-state index is -0.0566. The first kappa shape index (κ1) is 8.71. The SMILES string of the molecule is C[CH]C(=O)NCc1cccnc1. The molecule has 1 radical (unpaired) electrons. The number of amides is 1. The molecule has 0 saturated carbocycles. The normalized spacial score (nSPS) is 9.42. The number of rotatable bonds is 3. The zero-order chi connectivity index (χ0) is 8.81. The Bertz CT molecular complexity index is 246. The Morgan fingerprint density at radius 3 is 3.17 bits per heavy atom. The summed E-state index contributed by atoms with van der Waals surface area (Å²) in [6.07, 6.45) is 4.93. The van der Waals surface area contributed by atoms with Crippen LogP contribution in [-0.2, 0) is 11.3 Å². The van der Waals surface area contributed by atoms with E-state index in [1.807, 2.05) is 12.1 Å². The van der Waals surface area contributed by atoms with Gasteiger partial charge >= 0.3 is 0 Å². The predicted molar refractivity (Wildman–Crippen MR) is 46.1 cm³/mol. The molecule has 0 aliphatic heterocycles. The number of carbonyl (C=O) groups is 1. The smallest absolute Gasteiger partial charge is 0.223 e. The maximum atomic E-state index is 10.8. The second kappa shape index (κ2) is 4.49. The van der Waals surface area contributed by atoms with Crippen LogP contribution in [-0.4, -0.2) is 10.9 Å². The summed E-state index contributed by atoms with van der Waals surface area (Å²) in [4.78, 5) is 14.7. The molecule has 3 heteroatoms. The standard InChI is InChI=1S/C9H11N2O/c1-2-9(12)11-7-8-4-3-5-10-6-8/h2-6H,7H2,1H3,(H,11,12). The number of aromatic nitrogens is 1. The summed E-state index contributed by atoms with van der Waals surface area (Å²) >= 11 is 0. The Balaban J connectivity index is 2.38. The van der Waals surface area contributed by atoms with E-state index in [0.29, 0.717) is 6.54 Å². The minimum Gasteiger partial charge on any atom is -0.352 e. The van der Waals surface area contributed by atoms with Crippen molar-refractivity contribution >= 4 is 5.91 Å². The Morgan fingerprint density at radius 2 is 2.58 bits per heavy atom. The van der Waals surface area contributed by atoms with Crippen molar-refractivity contribution in [1.29, 1.82) is 0 Å². The van der Waals surface area contributed by atoms with Crippen molar-refractivity contribution in [2.45, 2.75) is 13.5 Å². The van der Waals surface area contributed by atoms with Gasteiger partial charge in [0.2, 0.25) is 5.91 Å². The number of hydrogen-bond donors (Lipinski definition) is 1. The van der Waals surface area contributed by atoms with Gasteiger partial charge in [-0.25, -0.2) is 0 Å².